The van der Waals surface area contributed by atoms with Crippen LogP contribution < -0.4 is 10.5 Å². The normalized spacial score (nSPS) is 9.42. The number of aromatic carboxylic acids is 1. The monoisotopic (exact) mass is 168 g/mol. The lowest BCUT2D eigenvalue weighted by Gasteiger charge is -2.01. The minimum Gasteiger partial charge on any atom is -0.497 e. The molecule has 12 heavy (non-hydrogen) atoms. The highest BCUT2D eigenvalue weighted by atomic mass is 16.5. The van der Waals surface area contributed by atoms with E-state index < -0.39 is 5.97 Å². The van der Waals surface area contributed by atoms with E-state index in [9.17, 15) is 4.79 Å². The summed E-state index contributed by atoms with van der Waals surface area (Å²) in [5.74, 6) is -0.604. The van der Waals surface area contributed by atoms with Crippen LogP contribution >= 0.6 is 0 Å². The first-order valence-corrected chi connectivity index (χ1v) is 3.18. The number of carbonyl (C=O) groups is 1. The van der Waals surface area contributed by atoms with Crippen molar-refractivity contribution >= 4 is 11.8 Å². The summed E-state index contributed by atoms with van der Waals surface area (Å²) in [5.41, 5.74) is 5.20. The molecular weight excluding hydrogens is 160 g/mol. The Morgan fingerprint density at radius 3 is 2.83 bits per heavy atom. The van der Waals surface area contributed by atoms with E-state index in [1.165, 1.54) is 19.2 Å². The van der Waals surface area contributed by atoms with Crippen LogP contribution in [0.1, 0.15) is 10.5 Å². The lowest BCUT2D eigenvalue weighted by molar-refractivity contribution is 0.0690. The molecule has 1 aromatic rings. The lowest BCUT2D eigenvalue weighted by atomic mass is 10.3. The number of anilines is 1. The van der Waals surface area contributed by atoms with Crippen LogP contribution in [0, 0.1) is 0 Å². The van der Waals surface area contributed by atoms with Gasteiger partial charge in [0.2, 0.25) is 0 Å². The number of pyridine rings is 1. The maximum atomic E-state index is 10.4. The summed E-state index contributed by atoms with van der Waals surface area (Å²) in [7, 11) is 1.43. The fraction of sp³-hybridized carbons (Fsp3) is 0.143. The molecule has 5 nitrogen and oxygen atoms in total. The maximum Gasteiger partial charge on any atom is 0.354 e. The van der Waals surface area contributed by atoms with Crippen LogP contribution in [0.25, 0.3) is 0 Å². The van der Waals surface area contributed by atoms with Gasteiger partial charge in [-0.2, -0.15) is 0 Å². The van der Waals surface area contributed by atoms with Crippen molar-refractivity contribution < 1.29 is 14.6 Å². The molecule has 3 N–H and O–H groups in total. The van der Waals surface area contributed by atoms with Crippen LogP contribution in [-0.4, -0.2) is 23.2 Å². The molecule has 0 atom stereocenters. The van der Waals surface area contributed by atoms with E-state index in [0.29, 0.717) is 5.75 Å². The van der Waals surface area contributed by atoms with Crippen molar-refractivity contribution in [3.8, 4) is 5.75 Å². The number of carboxylic acids is 1. The Kier molecular flexibility index (Phi) is 2.14. The number of hydrogen-bond acceptors (Lipinski definition) is 4. The molecule has 0 aliphatic carbocycles. The van der Waals surface area contributed by atoms with Gasteiger partial charge in [0.25, 0.3) is 0 Å². The zero-order valence-corrected chi connectivity index (χ0v) is 6.44. The van der Waals surface area contributed by atoms with E-state index in [1.54, 1.807) is 0 Å². The van der Waals surface area contributed by atoms with Crippen LogP contribution in [0.3, 0.4) is 0 Å². The zero-order chi connectivity index (χ0) is 9.14. The summed E-state index contributed by atoms with van der Waals surface area (Å²) in [4.78, 5) is 14.0. The van der Waals surface area contributed by atoms with Gasteiger partial charge in [-0.3, -0.25) is 0 Å². The molecule has 0 aliphatic heterocycles. The van der Waals surface area contributed by atoms with Crippen molar-refractivity contribution in [3.63, 3.8) is 0 Å². The summed E-state index contributed by atoms with van der Waals surface area (Å²) in [6.45, 7) is 0. The predicted octanol–water partition coefficient (Wildman–Crippen LogP) is 0.371. The van der Waals surface area contributed by atoms with Crippen LogP contribution in [0.5, 0.6) is 5.75 Å². The Morgan fingerprint density at radius 1 is 1.67 bits per heavy atom. The van der Waals surface area contributed by atoms with Gasteiger partial charge >= 0.3 is 5.97 Å². The number of nitrogen functional groups attached to an aromatic ring is 1. The number of nitrogens with two attached hydrogens (primary N) is 1. The quantitative estimate of drug-likeness (QED) is 0.666. The maximum absolute atomic E-state index is 10.4. The van der Waals surface area contributed by atoms with E-state index in [1.807, 2.05) is 0 Å². The first kappa shape index (κ1) is 8.32. The van der Waals surface area contributed by atoms with Crippen LogP contribution in [0.2, 0.25) is 0 Å². The van der Waals surface area contributed by atoms with Crippen LogP contribution in [-0.2, 0) is 0 Å². The molecule has 0 aliphatic rings. The molecule has 0 fully saturated rings. The number of hydrogen-bond donors (Lipinski definition) is 2. The van der Waals surface area contributed by atoms with E-state index in [-0.39, 0.29) is 11.5 Å². The number of methoxy groups -OCH3 is 1. The summed E-state index contributed by atoms with van der Waals surface area (Å²) in [6, 6.07) is 2.76. The predicted molar refractivity (Wildman–Crippen MR) is 42.2 cm³/mol. The summed E-state index contributed by atoms with van der Waals surface area (Å²) < 4.78 is 4.80. The van der Waals surface area contributed by atoms with Gasteiger partial charge < -0.3 is 15.6 Å². The highest BCUT2D eigenvalue weighted by molar-refractivity contribution is 5.86. The van der Waals surface area contributed by atoms with Crippen molar-refractivity contribution in [3.05, 3.63) is 17.8 Å². The Morgan fingerprint density at radius 2 is 2.33 bits per heavy atom. The van der Waals surface area contributed by atoms with E-state index in [0.717, 1.165) is 0 Å². The molecule has 0 saturated carbocycles. The largest absolute Gasteiger partial charge is 0.497 e. The van der Waals surface area contributed by atoms with Crippen molar-refractivity contribution in [1.29, 1.82) is 0 Å². The third-order valence-corrected chi connectivity index (χ3v) is 1.27. The van der Waals surface area contributed by atoms with Crippen LogP contribution in [0.4, 0.5) is 5.82 Å². The van der Waals surface area contributed by atoms with Crippen LogP contribution in [0.15, 0.2) is 12.1 Å². The standard InChI is InChI=1S/C7H8N2O3/c1-12-4-2-5(7(10)11)9-6(8)3-4/h2-3H,1H3,(H2,8,9)(H,10,11). The van der Waals surface area contributed by atoms with E-state index in [2.05, 4.69) is 4.98 Å². The molecule has 5 heteroatoms. The Bertz CT molecular complexity index is 312. The smallest absolute Gasteiger partial charge is 0.354 e. The molecular formula is C7H8N2O3. The van der Waals surface area contributed by atoms with Gasteiger partial charge in [-0.05, 0) is 0 Å². The highest BCUT2D eigenvalue weighted by Gasteiger charge is 2.06. The Balaban J connectivity index is 3.15. The highest BCUT2D eigenvalue weighted by Crippen LogP contribution is 2.14. The molecule has 0 bridgehead atoms. The van der Waals surface area contributed by atoms with Gasteiger partial charge in [-0.15, -0.1) is 0 Å². The fourth-order valence-electron chi connectivity index (χ4n) is 0.753. The SMILES string of the molecule is COc1cc(N)nc(C(=O)O)c1. The molecule has 1 aromatic heterocycles. The van der Waals surface area contributed by atoms with Gasteiger partial charge in [0.05, 0.1) is 7.11 Å². The summed E-state index contributed by atoms with van der Waals surface area (Å²) in [5, 5.41) is 8.56. The number of ether oxygens (including phenoxy) is 1. The van der Waals surface area contributed by atoms with E-state index in [4.69, 9.17) is 15.6 Å². The third kappa shape index (κ3) is 1.63. The number of aromatic nitrogens is 1. The number of carboxylic acid groups (broad SMARTS) is 1. The van der Waals surface area contributed by atoms with Gasteiger partial charge in [0, 0.05) is 12.1 Å². The van der Waals surface area contributed by atoms with Gasteiger partial charge in [-0.1, -0.05) is 0 Å². The summed E-state index contributed by atoms with van der Waals surface area (Å²) >= 11 is 0. The topological polar surface area (TPSA) is 85.4 Å². The van der Waals surface area contributed by atoms with Crippen molar-refractivity contribution in [2.24, 2.45) is 0 Å². The first-order chi connectivity index (χ1) is 5.63. The lowest BCUT2D eigenvalue weighted by Crippen LogP contribution is -2.03. The average molecular weight is 168 g/mol. The minimum atomic E-state index is -1.12. The van der Waals surface area contributed by atoms with Gasteiger partial charge in [0.15, 0.2) is 5.69 Å². The second kappa shape index (κ2) is 3.08. The molecule has 0 unspecified atom stereocenters. The van der Waals surface area contributed by atoms with Crippen molar-refractivity contribution in [2.75, 3.05) is 12.8 Å². The van der Waals surface area contributed by atoms with Gasteiger partial charge in [-0.25, -0.2) is 9.78 Å². The zero-order valence-electron chi connectivity index (χ0n) is 6.44. The van der Waals surface area contributed by atoms with Crippen molar-refractivity contribution in [2.45, 2.75) is 0 Å². The molecule has 1 rings (SSSR count). The second-order valence-corrected chi connectivity index (χ2v) is 2.12. The van der Waals surface area contributed by atoms with E-state index >= 15 is 0 Å². The Hall–Kier alpha value is -1.78. The number of nitrogens with zero attached hydrogens (tertiary/aromatic N) is 1. The number of rotatable bonds is 2. The minimum absolute atomic E-state index is 0.119. The third-order valence-electron chi connectivity index (χ3n) is 1.27. The molecule has 0 radical (unpaired) electrons. The molecule has 64 valence electrons. The molecule has 0 aromatic carbocycles. The Labute approximate surface area is 68.8 Å². The molecule has 0 saturated heterocycles. The fourth-order valence-corrected chi connectivity index (χ4v) is 0.753. The summed E-state index contributed by atoms with van der Waals surface area (Å²) in [6.07, 6.45) is 0. The second-order valence-electron chi connectivity index (χ2n) is 2.12. The van der Waals surface area contributed by atoms with Crippen molar-refractivity contribution in [1.82, 2.24) is 4.98 Å². The molecule has 1 heterocycles. The first-order valence-electron chi connectivity index (χ1n) is 3.18. The average Bonchev–Trinajstić information content (AvgIpc) is 2.03. The molecule has 0 spiro atoms. The van der Waals surface area contributed by atoms with Gasteiger partial charge in [0.1, 0.15) is 11.6 Å². The molecule has 0 amide bonds.